The number of hydrogen-bond acceptors (Lipinski definition) is 4. The first kappa shape index (κ1) is 21.2. The van der Waals surface area contributed by atoms with E-state index in [2.05, 4.69) is 10.4 Å². The van der Waals surface area contributed by atoms with Gasteiger partial charge in [0.2, 0.25) is 0 Å². The van der Waals surface area contributed by atoms with Gasteiger partial charge < -0.3 is 15.0 Å². The molecule has 0 unspecified atom stereocenters. The molecule has 0 saturated heterocycles. The fourth-order valence-corrected chi connectivity index (χ4v) is 3.83. The smallest absolute Gasteiger partial charge is 0.272 e. The first-order valence-corrected chi connectivity index (χ1v) is 10.5. The van der Waals surface area contributed by atoms with Gasteiger partial charge in [-0.3, -0.25) is 14.3 Å². The van der Waals surface area contributed by atoms with Crippen LogP contribution in [0.4, 0.5) is 0 Å². The van der Waals surface area contributed by atoms with Crippen molar-refractivity contribution in [1.29, 1.82) is 0 Å². The summed E-state index contributed by atoms with van der Waals surface area (Å²) in [5, 5.41) is 8.06. The van der Waals surface area contributed by atoms with Crippen molar-refractivity contribution in [3.63, 3.8) is 0 Å². The summed E-state index contributed by atoms with van der Waals surface area (Å²) in [7, 11) is 0. The topological polar surface area (TPSA) is 76.5 Å². The molecule has 9 heteroatoms. The average Bonchev–Trinajstić information content (AvgIpc) is 3.21. The minimum atomic E-state index is -0.355. The van der Waals surface area contributed by atoms with E-state index in [1.807, 2.05) is 30.3 Å². The summed E-state index contributed by atoms with van der Waals surface area (Å²) < 4.78 is 7.12. The number of carbonyl (C=O) groups excluding carboxylic acids is 2. The number of fused-ring (bicyclic) bond motifs is 1. The maximum Gasteiger partial charge on any atom is 0.272 e. The summed E-state index contributed by atoms with van der Waals surface area (Å²) in [5.41, 5.74) is 1.25. The number of ether oxygens (including phenoxy) is 1. The molecule has 160 valence electrons. The number of nitrogens with one attached hydrogen (secondary N) is 1. The first-order chi connectivity index (χ1) is 15.0. The number of rotatable bonds is 7. The van der Waals surface area contributed by atoms with Crippen LogP contribution in [0, 0.1) is 0 Å². The first-order valence-electron chi connectivity index (χ1n) is 9.79. The van der Waals surface area contributed by atoms with Crippen molar-refractivity contribution in [3.05, 3.63) is 81.6 Å². The van der Waals surface area contributed by atoms with Crippen LogP contribution in [0.25, 0.3) is 0 Å². The normalized spacial score (nSPS) is 13.1. The van der Waals surface area contributed by atoms with Crippen molar-refractivity contribution in [1.82, 2.24) is 20.0 Å². The van der Waals surface area contributed by atoms with E-state index >= 15 is 0 Å². The second kappa shape index (κ2) is 9.41. The molecule has 2 amide bonds. The minimum absolute atomic E-state index is 0.195. The lowest BCUT2D eigenvalue weighted by Crippen LogP contribution is -2.39. The molecule has 0 fully saturated rings. The van der Waals surface area contributed by atoms with E-state index < -0.39 is 0 Å². The van der Waals surface area contributed by atoms with Crippen LogP contribution in [-0.2, 0) is 13.1 Å². The molecule has 0 spiro atoms. The van der Waals surface area contributed by atoms with Gasteiger partial charge in [-0.05, 0) is 24.3 Å². The third-order valence-corrected chi connectivity index (χ3v) is 5.62. The van der Waals surface area contributed by atoms with Crippen molar-refractivity contribution < 1.29 is 14.3 Å². The summed E-state index contributed by atoms with van der Waals surface area (Å²) in [5.74, 6) is 0.159. The zero-order chi connectivity index (χ0) is 21.8. The van der Waals surface area contributed by atoms with Crippen LogP contribution in [0.1, 0.15) is 26.5 Å². The van der Waals surface area contributed by atoms with E-state index in [1.54, 1.807) is 27.8 Å². The summed E-state index contributed by atoms with van der Waals surface area (Å²) in [4.78, 5) is 27.0. The Balaban J connectivity index is 1.36. The minimum Gasteiger partial charge on any atom is -0.492 e. The van der Waals surface area contributed by atoms with Crippen LogP contribution >= 0.6 is 23.2 Å². The molecule has 1 aromatic heterocycles. The second-order valence-corrected chi connectivity index (χ2v) is 7.80. The average molecular weight is 459 g/mol. The molecule has 4 rings (SSSR count). The molecule has 2 heterocycles. The van der Waals surface area contributed by atoms with Crippen LogP contribution in [0.5, 0.6) is 5.75 Å². The molecule has 1 aliphatic heterocycles. The zero-order valence-corrected chi connectivity index (χ0v) is 18.1. The van der Waals surface area contributed by atoms with Crippen LogP contribution in [-0.4, -0.2) is 46.2 Å². The van der Waals surface area contributed by atoms with E-state index in [0.717, 1.165) is 5.75 Å². The summed E-state index contributed by atoms with van der Waals surface area (Å²) in [6.45, 7) is 1.87. The fourth-order valence-electron chi connectivity index (χ4n) is 3.32. The van der Waals surface area contributed by atoms with Crippen molar-refractivity contribution in [2.24, 2.45) is 0 Å². The highest BCUT2D eigenvalue weighted by molar-refractivity contribution is 6.36. The molecule has 31 heavy (non-hydrogen) atoms. The molecular weight excluding hydrogens is 439 g/mol. The molecule has 0 bridgehead atoms. The molecule has 7 nitrogen and oxygen atoms in total. The highest BCUT2D eigenvalue weighted by atomic mass is 35.5. The van der Waals surface area contributed by atoms with Crippen molar-refractivity contribution in [2.75, 3.05) is 19.7 Å². The molecule has 0 atom stereocenters. The largest absolute Gasteiger partial charge is 0.492 e. The maximum absolute atomic E-state index is 12.9. The SMILES string of the molecule is O=C(NCCOc1ccccc1)c1cc2n(n1)CCN(Cc1c(Cl)cccc1Cl)C2=O. The number of halogens is 2. The number of carbonyl (C=O) groups is 2. The lowest BCUT2D eigenvalue weighted by Gasteiger charge is -2.28. The van der Waals surface area contributed by atoms with Gasteiger partial charge in [-0.1, -0.05) is 47.5 Å². The predicted molar refractivity (Wildman–Crippen MR) is 118 cm³/mol. The summed E-state index contributed by atoms with van der Waals surface area (Å²) in [6, 6.07) is 16.1. The highest BCUT2D eigenvalue weighted by Gasteiger charge is 2.28. The lowest BCUT2D eigenvalue weighted by atomic mass is 10.2. The molecule has 0 aliphatic carbocycles. The van der Waals surface area contributed by atoms with E-state index in [9.17, 15) is 9.59 Å². The quantitative estimate of drug-likeness (QED) is 0.548. The van der Waals surface area contributed by atoms with E-state index in [1.165, 1.54) is 6.07 Å². The number of benzene rings is 2. The third kappa shape index (κ3) is 4.84. The molecule has 1 N–H and O–H groups in total. The monoisotopic (exact) mass is 458 g/mol. The zero-order valence-electron chi connectivity index (χ0n) is 16.6. The number of hydrogen-bond donors (Lipinski definition) is 1. The van der Waals surface area contributed by atoms with Gasteiger partial charge in [0.25, 0.3) is 11.8 Å². The number of nitrogens with zero attached hydrogens (tertiary/aromatic N) is 3. The maximum atomic E-state index is 12.9. The van der Waals surface area contributed by atoms with Gasteiger partial charge >= 0.3 is 0 Å². The lowest BCUT2D eigenvalue weighted by molar-refractivity contribution is 0.0683. The Morgan fingerprint density at radius 3 is 2.55 bits per heavy atom. The van der Waals surface area contributed by atoms with Gasteiger partial charge in [-0.15, -0.1) is 0 Å². The van der Waals surface area contributed by atoms with Gasteiger partial charge in [-0.2, -0.15) is 5.10 Å². The van der Waals surface area contributed by atoms with Gasteiger partial charge in [0.1, 0.15) is 18.1 Å². The van der Waals surface area contributed by atoms with Crippen LogP contribution in [0.3, 0.4) is 0 Å². The Hall–Kier alpha value is -3.03. The summed E-state index contributed by atoms with van der Waals surface area (Å²) >= 11 is 12.5. The van der Waals surface area contributed by atoms with E-state index in [-0.39, 0.29) is 17.5 Å². The Labute approximate surface area is 189 Å². The Morgan fingerprint density at radius 1 is 1.06 bits per heavy atom. The van der Waals surface area contributed by atoms with Crippen LogP contribution in [0.2, 0.25) is 10.0 Å². The van der Waals surface area contributed by atoms with Gasteiger partial charge in [0, 0.05) is 34.8 Å². The van der Waals surface area contributed by atoms with Gasteiger partial charge in [0.15, 0.2) is 5.69 Å². The van der Waals surface area contributed by atoms with Crippen molar-refractivity contribution in [3.8, 4) is 5.75 Å². The van der Waals surface area contributed by atoms with Crippen LogP contribution < -0.4 is 10.1 Å². The third-order valence-electron chi connectivity index (χ3n) is 4.91. The van der Waals surface area contributed by atoms with Crippen molar-refractivity contribution >= 4 is 35.0 Å². The Bertz CT molecular complexity index is 1080. The summed E-state index contributed by atoms with van der Waals surface area (Å²) in [6.07, 6.45) is 0. The molecular formula is C22H20Cl2N4O3. The van der Waals surface area contributed by atoms with E-state index in [0.29, 0.717) is 54.1 Å². The number of aromatic nitrogens is 2. The Morgan fingerprint density at radius 2 is 1.81 bits per heavy atom. The Kier molecular flexibility index (Phi) is 6.44. The number of amides is 2. The molecule has 0 radical (unpaired) electrons. The standard InChI is InChI=1S/C22H20Cl2N4O3/c23-17-7-4-8-18(24)16(17)14-27-10-11-28-20(22(27)30)13-19(26-28)21(29)25-9-12-31-15-5-2-1-3-6-15/h1-8,13H,9-12,14H2,(H,25,29). The van der Waals surface area contributed by atoms with E-state index in [4.69, 9.17) is 27.9 Å². The second-order valence-electron chi connectivity index (χ2n) is 6.98. The molecule has 0 saturated carbocycles. The van der Waals surface area contributed by atoms with Gasteiger partial charge in [-0.25, -0.2) is 0 Å². The van der Waals surface area contributed by atoms with Crippen molar-refractivity contribution in [2.45, 2.75) is 13.1 Å². The number of para-hydroxylation sites is 1. The highest BCUT2D eigenvalue weighted by Crippen LogP contribution is 2.27. The molecule has 2 aromatic carbocycles. The van der Waals surface area contributed by atoms with Crippen LogP contribution in [0.15, 0.2) is 54.6 Å². The fraction of sp³-hybridized carbons (Fsp3) is 0.227. The van der Waals surface area contributed by atoms with Gasteiger partial charge in [0.05, 0.1) is 13.1 Å². The molecule has 1 aliphatic rings. The molecule has 3 aromatic rings. The predicted octanol–water partition coefficient (Wildman–Crippen LogP) is 3.65.